The van der Waals surface area contributed by atoms with Crippen LogP contribution in [-0.4, -0.2) is 25.0 Å². The maximum Gasteiger partial charge on any atom is 0.226 e. The molecule has 7 heteroatoms. The van der Waals surface area contributed by atoms with E-state index in [9.17, 15) is 0 Å². The zero-order valence-electron chi connectivity index (χ0n) is 18.7. The molecule has 2 heterocycles. The van der Waals surface area contributed by atoms with E-state index in [1.54, 1.807) is 11.8 Å². The molecule has 0 amide bonds. The third-order valence-corrected chi connectivity index (χ3v) is 7.28. The summed E-state index contributed by atoms with van der Waals surface area (Å²) >= 11 is 1.66. The van der Waals surface area contributed by atoms with Gasteiger partial charge < -0.3 is 4.42 Å². The fourth-order valence-electron chi connectivity index (χ4n) is 4.31. The zero-order chi connectivity index (χ0) is 21.4. The molecule has 0 radical (unpaired) electrons. The van der Waals surface area contributed by atoms with Gasteiger partial charge in [-0.1, -0.05) is 76.1 Å². The first kappa shape index (κ1) is 20.7. The molecule has 3 aromatic rings. The molecule has 2 aromatic heterocycles. The van der Waals surface area contributed by atoms with Gasteiger partial charge in [-0.15, -0.1) is 20.4 Å². The molecule has 0 spiro atoms. The Balaban J connectivity index is 1.41. The summed E-state index contributed by atoms with van der Waals surface area (Å²) in [6.45, 7) is 6.73. The number of aromatic nitrogens is 5. The highest BCUT2D eigenvalue weighted by Gasteiger charge is 2.30. The predicted octanol–water partition coefficient (Wildman–Crippen LogP) is 6.30. The van der Waals surface area contributed by atoms with Crippen molar-refractivity contribution in [3.05, 3.63) is 41.6 Å². The fraction of sp³-hybridized carbons (Fsp3) is 0.583. The van der Waals surface area contributed by atoms with Gasteiger partial charge in [0.05, 0.1) is 5.75 Å². The minimum Gasteiger partial charge on any atom is -0.424 e. The van der Waals surface area contributed by atoms with Crippen LogP contribution in [0.2, 0.25) is 0 Å². The van der Waals surface area contributed by atoms with Gasteiger partial charge in [0.15, 0.2) is 11.0 Å². The van der Waals surface area contributed by atoms with E-state index in [-0.39, 0.29) is 5.41 Å². The Morgan fingerprint density at radius 1 is 0.935 bits per heavy atom. The average Bonchev–Trinajstić information content (AvgIpc) is 3.36. The van der Waals surface area contributed by atoms with Gasteiger partial charge in [-0.2, -0.15) is 0 Å². The number of thioether (sulfide) groups is 1. The molecule has 1 aromatic carbocycles. The van der Waals surface area contributed by atoms with E-state index in [1.807, 2.05) is 0 Å². The van der Waals surface area contributed by atoms with Crippen LogP contribution in [0.5, 0.6) is 0 Å². The summed E-state index contributed by atoms with van der Waals surface area (Å²) in [5.41, 5.74) is 2.60. The molecule has 2 aliphatic rings. The lowest BCUT2D eigenvalue weighted by atomic mass is 9.86. The molecule has 0 N–H and O–H groups in total. The van der Waals surface area contributed by atoms with Crippen molar-refractivity contribution in [2.75, 3.05) is 0 Å². The fourth-order valence-corrected chi connectivity index (χ4v) is 5.15. The van der Waals surface area contributed by atoms with E-state index in [4.69, 9.17) is 4.42 Å². The van der Waals surface area contributed by atoms with Crippen LogP contribution in [0.25, 0.3) is 11.4 Å². The van der Waals surface area contributed by atoms with Crippen LogP contribution in [0, 0.1) is 0 Å². The molecule has 31 heavy (non-hydrogen) atoms. The van der Waals surface area contributed by atoms with E-state index >= 15 is 0 Å². The molecular weight excluding hydrogens is 406 g/mol. The standard InChI is InChI=1S/C24H31N5OS/c1-24(2,3)18-13-11-16(12-14-18)21-26-28-23(29(21)19-7-5-4-6-8-19)31-15-20-25-27-22(30-20)17-9-10-17/h11-14,17,19H,4-10,15H2,1-3H3. The van der Waals surface area contributed by atoms with E-state index in [0.717, 1.165) is 22.4 Å². The van der Waals surface area contributed by atoms with Crippen LogP contribution >= 0.6 is 11.8 Å². The van der Waals surface area contributed by atoms with Crippen molar-refractivity contribution in [1.82, 2.24) is 25.0 Å². The largest absolute Gasteiger partial charge is 0.424 e. The lowest BCUT2D eigenvalue weighted by Crippen LogP contribution is -2.15. The minimum atomic E-state index is 0.139. The van der Waals surface area contributed by atoms with Gasteiger partial charge in [0.2, 0.25) is 11.8 Å². The number of rotatable bonds is 6. The molecule has 164 valence electrons. The first-order chi connectivity index (χ1) is 15.0. The summed E-state index contributed by atoms with van der Waals surface area (Å²) in [6, 6.07) is 9.28. The van der Waals surface area contributed by atoms with E-state index in [1.165, 1.54) is 50.5 Å². The highest BCUT2D eigenvalue weighted by atomic mass is 32.2. The first-order valence-corrected chi connectivity index (χ1v) is 12.5. The number of nitrogens with zero attached hydrogens (tertiary/aromatic N) is 5. The van der Waals surface area contributed by atoms with Gasteiger partial charge >= 0.3 is 0 Å². The molecule has 6 nitrogen and oxygen atoms in total. The van der Waals surface area contributed by atoms with Crippen molar-refractivity contribution in [3.63, 3.8) is 0 Å². The molecule has 0 unspecified atom stereocenters. The summed E-state index contributed by atoms with van der Waals surface area (Å²) in [5.74, 6) is 3.57. The van der Waals surface area contributed by atoms with Crippen LogP contribution in [0.15, 0.2) is 33.8 Å². The van der Waals surface area contributed by atoms with Crippen molar-refractivity contribution in [3.8, 4) is 11.4 Å². The van der Waals surface area contributed by atoms with Crippen molar-refractivity contribution in [2.45, 2.75) is 94.0 Å². The van der Waals surface area contributed by atoms with E-state index < -0.39 is 0 Å². The summed E-state index contributed by atoms with van der Waals surface area (Å²) in [7, 11) is 0. The quantitative estimate of drug-likeness (QED) is 0.421. The Hall–Kier alpha value is -2.15. The zero-order valence-corrected chi connectivity index (χ0v) is 19.5. The molecule has 0 aliphatic heterocycles. The minimum absolute atomic E-state index is 0.139. The van der Waals surface area contributed by atoms with E-state index in [2.05, 4.69) is 70.0 Å². The van der Waals surface area contributed by atoms with Crippen molar-refractivity contribution >= 4 is 11.8 Å². The Morgan fingerprint density at radius 2 is 1.68 bits per heavy atom. The summed E-state index contributed by atoms with van der Waals surface area (Å²) in [4.78, 5) is 0. The number of hydrogen-bond acceptors (Lipinski definition) is 6. The molecule has 0 saturated heterocycles. The highest BCUT2D eigenvalue weighted by molar-refractivity contribution is 7.98. The van der Waals surface area contributed by atoms with Gasteiger partial charge in [0.1, 0.15) is 0 Å². The van der Waals surface area contributed by atoms with Crippen LogP contribution in [0.3, 0.4) is 0 Å². The van der Waals surface area contributed by atoms with Gasteiger partial charge in [0, 0.05) is 17.5 Å². The Kier molecular flexibility index (Phi) is 5.63. The third-order valence-electron chi connectivity index (χ3n) is 6.35. The summed E-state index contributed by atoms with van der Waals surface area (Å²) < 4.78 is 8.22. The monoisotopic (exact) mass is 437 g/mol. The SMILES string of the molecule is CC(C)(C)c1ccc(-c2nnc(SCc3nnc(C4CC4)o3)n2C2CCCCC2)cc1. The van der Waals surface area contributed by atoms with Crippen molar-refractivity contribution in [1.29, 1.82) is 0 Å². The second-order valence-corrected chi connectivity index (χ2v) is 10.8. The molecule has 2 saturated carbocycles. The van der Waals surface area contributed by atoms with Crippen LogP contribution in [0.4, 0.5) is 0 Å². The van der Waals surface area contributed by atoms with Crippen LogP contribution < -0.4 is 0 Å². The lowest BCUT2D eigenvalue weighted by molar-refractivity contribution is 0.339. The Labute approximate surface area is 188 Å². The molecule has 2 fully saturated rings. The second-order valence-electron chi connectivity index (χ2n) is 9.89. The highest BCUT2D eigenvalue weighted by Crippen LogP contribution is 2.40. The molecule has 0 bridgehead atoms. The maximum absolute atomic E-state index is 5.85. The first-order valence-electron chi connectivity index (χ1n) is 11.5. The van der Waals surface area contributed by atoms with Gasteiger partial charge in [0.25, 0.3) is 0 Å². The lowest BCUT2D eigenvalue weighted by Gasteiger charge is -2.26. The smallest absolute Gasteiger partial charge is 0.226 e. The number of hydrogen-bond donors (Lipinski definition) is 0. The Morgan fingerprint density at radius 3 is 2.35 bits per heavy atom. The van der Waals surface area contributed by atoms with E-state index in [0.29, 0.717) is 23.6 Å². The number of benzene rings is 1. The van der Waals surface area contributed by atoms with Crippen molar-refractivity contribution < 1.29 is 4.42 Å². The topological polar surface area (TPSA) is 69.6 Å². The Bertz CT molecular complexity index is 1020. The van der Waals surface area contributed by atoms with Gasteiger partial charge in [-0.25, -0.2) is 0 Å². The van der Waals surface area contributed by atoms with Crippen LogP contribution in [-0.2, 0) is 11.2 Å². The predicted molar refractivity (Wildman–Crippen MR) is 122 cm³/mol. The third kappa shape index (κ3) is 4.56. The second kappa shape index (κ2) is 8.41. The maximum atomic E-state index is 5.85. The summed E-state index contributed by atoms with van der Waals surface area (Å²) in [6.07, 6.45) is 8.57. The van der Waals surface area contributed by atoms with Gasteiger partial charge in [-0.3, -0.25) is 4.57 Å². The summed E-state index contributed by atoms with van der Waals surface area (Å²) in [5, 5.41) is 18.6. The van der Waals surface area contributed by atoms with Crippen LogP contribution in [0.1, 0.15) is 95.0 Å². The van der Waals surface area contributed by atoms with Gasteiger partial charge in [-0.05, 0) is 36.7 Å². The normalized spacial score (nSPS) is 17.9. The molecular formula is C24H31N5OS. The molecule has 5 rings (SSSR count). The van der Waals surface area contributed by atoms with Crippen molar-refractivity contribution in [2.24, 2.45) is 0 Å². The molecule has 0 atom stereocenters. The molecule has 2 aliphatic carbocycles. The average molecular weight is 438 g/mol.